The molecule has 1 aromatic heterocycles. The summed E-state index contributed by atoms with van der Waals surface area (Å²) in [6.07, 6.45) is 4.47. The highest BCUT2D eigenvalue weighted by molar-refractivity contribution is 6.33. The standard InChI is InChI=1S/C26H27ClN2O3/c1-18-9-7-10-19(2)23(18)28-25(31)26(14-5-6-15-26)29(17-20-11-8-16-32-20)24(30)21-12-3-4-13-22(21)27/h3-4,7-13,16H,5-6,14-15,17H2,1-2H3,(H,28,31). The highest BCUT2D eigenvalue weighted by atomic mass is 35.5. The molecule has 0 unspecified atom stereocenters. The van der Waals surface area contributed by atoms with E-state index in [4.69, 9.17) is 16.0 Å². The van der Waals surface area contributed by atoms with Crippen LogP contribution in [0.25, 0.3) is 0 Å². The second-order valence-electron chi connectivity index (χ2n) is 8.41. The fraction of sp³-hybridized carbons (Fsp3) is 0.308. The maximum absolute atomic E-state index is 13.9. The lowest BCUT2D eigenvalue weighted by Crippen LogP contribution is -2.57. The number of benzene rings is 2. The number of nitrogens with zero attached hydrogens (tertiary/aromatic N) is 1. The second-order valence-corrected chi connectivity index (χ2v) is 8.82. The van der Waals surface area contributed by atoms with Gasteiger partial charge in [-0.25, -0.2) is 0 Å². The number of carbonyl (C=O) groups excluding carboxylic acids is 2. The first kappa shape index (κ1) is 22.2. The van der Waals surface area contributed by atoms with Crippen LogP contribution < -0.4 is 5.32 Å². The van der Waals surface area contributed by atoms with Gasteiger partial charge in [-0.05, 0) is 62.1 Å². The third kappa shape index (κ3) is 4.17. The van der Waals surface area contributed by atoms with Crippen LogP contribution in [0.15, 0.2) is 65.3 Å². The number of para-hydroxylation sites is 1. The molecule has 0 aliphatic heterocycles. The number of carbonyl (C=O) groups is 2. The van der Waals surface area contributed by atoms with Crippen molar-refractivity contribution in [2.45, 2.75) is 51.6 Å². The smallest absolute Gasteiger partial charge is 0.256 e. The van der Waals surface area contributed by atoms with E-state index in [2.05, 4.69) is 5.32 Å². The van der Waals surface area contributed by atoms with Gasteiger partial charge in [-0.3, -0.25) is 9.59 Å². The van der Waals surface area contributed by atoms with E-state index >= 15 is 0 Å². The molecule has 1 fully saturated rings. The van der Waals surface area contributed by atoms with Crippen molar-refractivity contribution in [2.24, 2.45) is 0 Å². The zero-order chi connectivity index (χ0) is 22.7. The summed E-state index contributed by atoms with van der Waals surface area (Å²) in [6, 6.07) is 16.5. The lowest BCUT2D eigenvalue weighted by atomic mass is 9.91. The van der Waals surface area contributed by atoms with Crippen LogP contribution in [0, 0.1) is 13.8 Å². The third-order valence-electron chi connectivity index (χ3n) is 6.33. The number of nitrogens with one attached hydrogen (secondary N) is 1. The number of hydrogen-bond acceptors (Lipinski definition) is 3. The number of hydrogen-bond donors (Lipinski definition) is 1. The summed E-state index contributed by atoms with van der Waals surface area (Å²) >= 11 is 6.38. The number of furan rings is 1. The van der Waals surface area contributed by atoms with Crippen molar-refractivity contribution in [3.8, 4) is 0 Å². The molecular formula is C26H27ClN2O3. The topological polar surface area (TPSA) is 62.6 Å². The molecule has 2 amide bonds. The van der Waals surface area contributed by atoms with Crippen LogP contribution in [0.4, 0.5) is 5.69 Å². The van der Waals surface area contributed by atoms with E-state index in [1.54, 1.807) is 41.5 Å². The van der Waals surface area contributed by atoms with E-state index in [-0.39, 0.29) is 18.4 Å². The summed E-state index contributed by atoms with van der Waals surface area (Å²) < 4.78 is 5.56. The molecular weight excluding hydrogens is 424 g/mol. The quantitative estimate of drug-likeness (QED) is 0.490. The Kier molecular flexibility index (Phi) is 6.38. The van der Waals surface area contributed by atoms with Gasteiger partial charge >= 0.3 is 0 Å². The number of aryl methyl sites for hydroxylation is 2. The molecule has 32 heavy (non-hydrogen) atoms. The van der Waals surface area contributed by atoms with E-state index in [9.17, 15) is 9.59 Å². The molecule has 5 nitrogen and oxygen atoms in total. The van der Waals surface area contributed by atoms with Gasteiger partial charge in [0.15, 0.2) is 0 Å². The fourth-order valence-corrected chi connectivity index (χ4v) is 4.79. The maximum Gasteiger partial charge on any atom is 0.256 e. The van der Waals surface area contributed by atoms with E-state index in [0.29, 0.717) is 29.2 Å². The summed E-state index contributed by atoms with van der Waals surface area (Å²) in [4.78, 5) is 29.3. The summed E-state index contributed by atoms with van der Waals surface area (Å²) in [5.41, 5.74) is 2.17. The number of amides is 2. The summed E-state index contributed by atoms with van der Waals surface area (Å²) in [7, 11) is 0. The largest absolute Gasteiger partial charge is 0.467 e. The zero-order valence-corrected chi connectivity index (χ0v) is 19.1. The fourth-order valence-electron chi connectivity index (χ4n) is 4.58. The van der Waals surface area contributed by atoms with Crippen molar-refractivity contribution < 1.29 is 14.0 Å². The van der Waals surface area contributed by atoms with E-state index in [1.165, 1.54) is 0 Å². The lowest BCUT2D eigenvalue weighted by Gasteiger charge is -2.40. The van der Waals surface area contributed by atoms with Crippen molar-refractivity contribution in [3.63, 3.8) is 0 Å². The molecule has 2 aromatic carbocycles. The SMILES string of the molecule is Cc1cccc(C)c1NC(=O)C1(N(Cc2ccco2)C(=O)c2ccccc2Cl)CCCC1. The van der Waals surface area contributed by atoms with Crippen LogP contribution in [-0.2, 0) is 11.3 Å². The number of rotatable bonds is 6. The first-order valence-corrected chi connectivity index (χ1v) is 11.3. The Balaban J connectivity index is 1.76. The first-order chi connectivity index (χ1) is 15.4. The maximum atomic E-state index is 13.9. The minimum atomic E-state index is -0.988. The second kappa shape index (κ2) is 9.21. The minimum absolute atomic E-state index is 0.167. The predicted molar refractivity (Wildman–Crippen MR) is 126 cm³/mol. The van der Waals surface area contributed by atoms with E-state index < -0.39 is 5.54 Å². The summed E-state index contributed by atoms with van der Waals surface area (Å²) in [5.74, 6) is 0.182. The lowest BCUT2D eigenvalue weighted by molar-refractivity contribution is -0.127. The van der Waals surface area contributed by atoms with Crippen LogP contribution in [0.1, 0.15) is 52.9 Å². The number of halogens is 1. The van der Waals surface area contributed by atoms with Crippen molar-refractivity contribution in [1.29, 1.82) is 0 Å². The Morgan fingerprint density at radius 1 is 1.00 bits per heavy atom. The van der Waals surface area contributed by atoms with Gasteiger partial charge in [-0.15, -0.1) is 0 Å². The van der Waals surface area contributed by atoms with E-state index in [0.717, 1.165) is 29.7 Å². The molecule has 1 aliphatic rings. The molecule has 1 heterocycles. The minimum Gasteiger partial charge on any atom is -0.467 e. The average molecular weight is 451 g/mol. The molecule has 4 rings (SSSR count). The molecule has 6 heteroatoms. The van der Waals surface area contributed by atoms with Crippen molar-refractivity contribution in [1.82, 2.24) is 4.90 Å². The molecule has 1 aliphatic carbocycles. The van der Waals surface area contributed by atoms with Gasteiger partial charge < -0.3 is 14.6 Å². The number of anilines is 1. The Labute approximate surface area is 193 Å². The average Bonchev–Trinajstić information content (AvgIpc) is 3.47. The summed E-state index contributed by atoms with van der Waals surface area (Å²) in [6.45, 7) is 4.14. The van der Waals surface area contributed by atoms with Crippen LogP contribution in [-0.4, -0.2) is 22.3 Å². The first-order valence-electron chi connectivity index (χ1n) is 10.9. The molecule has 0 saturated heterocycles. The highest BCUT2D eigenvalue weighted by Gasteiger charge is 2.49. The normalized spacial score (nSPS) is 14.8. The molecule has 0 atom stereocenters. The Morgan fingerprint density at radius 2 is 1.69 bits per heavy atom. The molecule has 1 saturated carbocycles. The van der Waals surface area contributed by atoms with Gasteiger partial charge in [0, 0.05) is 5.69 Å². The van der Waals surface area contributed by atoms with Crippen LogP contribution >= 0.6 is 11.6 Å². The Bertz CT molecular complexity index is 1100. The highest BCUT2D eigenvalue weighted by Crippen LogP contribution is 2.39. The molecule has 0 radical (unpaired) electrons. The van der Waals surface area contributed by atoms with Crippen LogP contribution in [0.2, 0.25) is 5.02 Å². The Morgan fingerprint density at radius 3 is 2.31 bits per heavy atom. The zero-order valence-electron chi connectivity index (χ0n) is 18.4. The third-order valence-corrected chi connectivity index (χ3v) is 6.66. The van der Waals surface area contributed by atoms with Crippen molar-refractivity contribution in [2.75, 3.05) is 5.32 Å². The van der Waals surface area contributed by atoms with Gasteiger partial charge in [0.25, 0.3) is 5.91 Å². The molecule has 3 aromatic rings. The Hall–Kier alpha value is -3.05. The predicted octanol–water partition coefficient (Wildman–Crippen LogP) is 6.14. The molecule has 1 N–H and O–H groups in total. The van der Waals surface area contributed by atoms with Gasteiger partial charge in [0.1, 0.15) is 11.3 Å². The van der Waals surface area contributed by atoms with Crippen LogP contribution in [0.3, 0.4) is 0 Å². The van der Waals surface area contributed by atoms with Crippen LogP contribution in [0.5, 0.6) is 0 Å². The van der Waals surface area contributed by atoms with Crippen molar-refractivity contribution >= 4 is 29.1 Å². The monoisotopic (exact) mass is 450 g/mol. The van der Waals surface area contributed by atoms with Gasteiger partial charge in [-0.1, -0.05) is 54.8 Å². The van der Waals surface area contributed by atoms with Gasteiger partial charge in [0.2, 0.25) is 5.91 Å². The molecule has 0 bridgehead atoms. The molecule has 166 valence electrons. The van der Waals surface area contributed by atoms with Gasteiger partial charge in [0.05, 0.1) is 23.4 Å². The van der Waals surface area contributed by atoms with Gasteiger partial charge in [-0.2, -0.15) is 0 Å². The van der Waals surface area contributed by atoms with E-state index in [1.807, 2.05) is 38.1 Å². The molecule has 0 spiro atoms. The van der Waals surface area contributed by atoms with Crippen molar-refractivity contribution in [3.05, 3.63) is 88.3 Å². The summed E-state index contributed by atoms with van der Waals surface area (Å²) in [5, 5.41) is 3.51.